The SMILES string of the molecule is CCCCCCCCCCC/C=C/CCCCCOCCOCCOCCOCCN. The van der Waals surface area contributed by atoms with E-state index in [1.807, 2.05) is 0 Å². The van der Waals surface area contributed by atoms with Gasteiger partial charge in [-0.15, -0.1) is 0 Å². The van der Waals surface area contributed by atoms with E-state index in [1.54, 1.807) is 0 Å². The summed E-state index contributed by atoms with van der Waals surface area (Å²) in [6.07, 6.45) is 23.5. The average Bonchev–Trinajstić information content (AvgIpc) is 2.78. The zero-order valence-electron chi connectivity index (χ0n) is 20.6. The number of nitrogens with two attached hydrogens (primary N) is 1. The van der Waals surface area contributed by atoms with Crippen LogP contribution in [0.5, 0.6) is 0 Å². The van der Waals surface area contributed by atoms with E-state index >= 15 is 0 Å². The molecule has 0 atom stereocenters. The lowest BCUT2D eigenvalue weighted by Gasteiger charge is -2.07. The molecule has 0 heterocycles. The highest BCUT2D eigenvalue weighted by Crippen LogP contribution is 2.11. The van der Waals surface area contributed by atoms with Gasteiger partial charge in [0.05, 0.1) is 46.2 Å². The Morgan fingerprint density at radius 2 is 0.839 bits per heavy atom. The fourth-order valence-electron chi connectivity index (χ4n) is 3.30. The van der Waals surface area contributed by atoms with Gasteiger partial charge in [-0.3, -0.25) is 0 Å². The zero-order chi connectivity index (χ0) is 22.5. The van der Waals surface area contributed by atoms with E-state index in [9.17, 15) is 0 Å². The normalized spacial score (nSPS) is 11.7. The van der Waals surface area contributed by atoms with Gasteiger partial charge in [0.15, 0.2) is 0 Å². The standard InChI is InChI=1S/C26H53NO4/c1-2-3-4-5-6-7-8-9-10-11-12-13-14-15-16-17-19-28-21-23-30-25-26-31-24-22-29-20-18-27/h12-13H,2-11,14-27H2,1H3/b13-12+. The molecule has 5 nitrogen and oxygen atoms in total. The summed E-state index contributed by atoms with van der Waals surface area (Å²) in [5.74, 6) is 0. The molecule has 0 aliphatic heterocycles. The molecule has 0 radical (unpaired) electrons. The molecule has 0 aliphatic rings. The third-order valence-corrected chi connectivity index (χ3v) is 5.18. The maximum atomic E-state index is 5.61. The third-order valence-electron chi connectivity index (χ3n) is 5.18. The summed E-state index contributed by atoms with van der Waals surface area (Å²) in [4.78, 5) is 0. The van der Waals surface area contributed by atoms with Crippen LogP contribution in [-0.4, -0.2) is 59.4 Å². The number of unbranched alkanes of at least 4 members (excludes halogenated alkanes) is 12. The van der Waals surface area contributed by atoms with Gasteiger partial charge in [0.2, 0.25) is 0 Å². The summed E-state index contributed by atoms with van der Waals surface area (Å²) in [5.41, 5.74) is 5.33. The van der Waals surface area contributed by atoms with Crippen molar-refractivity contribution >= 4 is 0 Å². The second-order valence-electron chi connectivity index (χ2n) is 8.18. The van der Waals surface area contributed by atoms with Crippen LogP contribution in [0, 0.1) is 0 Å². The molecular weight excluding hydrogens is 390 g/mol. The molecule has 5 heteroatoms. The van der Waals surface area contributed by atoms with Crippen molar-refractivity contribution in [1.82, 2.24) is 0 Å². The minimum atomic E-state index is 0.555. The second-order valence-corrected chi connectivity index (χ2v) is 8.18. The predicted molar refractivity (Wildman–Crippen MR) is 132 cm³/mol. The first-order valence-electron chi connectivity index (χ1n) is 13.1. The average molecular weight is 444 g/mol. The van der Waals surface area contributed by atoms with Crippen LogP contribution in [-0.2, 0) is 18.9 Å². The van der Waals surface area contributed by atoms with Gasteiger partial charge in [-0.25, -0.2) is 0 Å². The van der Waals surface area contributed by atoms with E-state index in [0.29, 0.717) is 52.8 Å². The van der Waals surface area contributed by atoms with Gasteiger partial charge < -0.3 is 24.7 Å². The van der Waals surface area contributed by atoms with E-state index in [0.717, 1.165) is 13.0 Å². The van der Waals surface area contributed by atoms with Gasteiger partial charge in [-0.1, -0.05) is 76.9 Å². The quantitative estimate of drug-likeness (QED) is 0.124. The summed E-state index contributed by atoms with van der Waals surface area (Å²) < 4.78 is 21.7. The Morgan fingerprint density at radius 1 is 0.452 bits per heavy atom. The van der Waals surface area contributed by atoms with Crippen molar-refractivity contribution in [3.8, 4) is 0 Å². The Kier molecular flexibility index (Phi) is 29.1. The molecular formula is C26H53NO4. The summed E-state index contributed by atoms with van der Waals surface area (Å²) >= 11 is 0. The maximum Gasteiger partial charge on any atom is 0.0701 e. The van der Waals surface area contributed by atoms with Crippen LogP contribution in [0.2, 0.25) is 0 Å². The van der Waals surface area contributed by atoms with Gasteiger partial charge in [-0.2, -0.15) is 0 Å². The van der Waals surface area contributed by atoms with E-state index < -0.39 is 0 Å². The molecule has 0 unspecified atom stereocenters. The third kappa shape index (κ3) is 29.5. The van der Waals surface area contributed by atoms with Gasteiger partial charge in [0, 0.05) is 13.2 Å². The van der Waals surface area contributed by atoms with E-state index in [2.05, 4.69) is 19.1 Å². The minimum Gasteiger partial charge on any atom is -0.379 e. The lowest BCUT2D eigenvalue weighted by Crippen LogP contribution is -2.14. The molecule has 0 amide bonds. The van der Waals surface area contributed by atoms with Gasteiger partial charge in [0.25, 0.3) is 0 Å². The smallest absolute Gasteiger partial charge is 0.0701 e. The monoisotopic (exact) mass is 443 g/mol. The predicted octanol–water partition coefficient (Wildman–Crippen LogP) is 6.05. The van der Waals surface area contributed by atoms with Crippen LogP contribution < -0.4 is 5.73 Å². The van der Waals surface area contributed by atoms with Crippen molar-refractivity contribution in [3.63, 3.8) is 0 Å². The zero-order valence-corrected chi connectivity index (χ0v) is 20.6. The number of allylic oxidation sites excluding steroid dienone is 2. The maximum absolute atomic E-state index is 5.61. The number of rotatable bonds is 27. The summed E-state index contributed by atoms with van der Waals surface area (Å²) in [6.45, 7) is 7.94. The molecule has 0 saturated carbocycles. The fraction of sp³-hybridized carbons (Fsp3) is 0.923. The van der Waals surface area contributed by atoms with E-state index in [-0.39, 0.29) is 0 Å². The Labute approximate surface area is 193 Å². The summed E-state index contributed by atoms with van der Waals surface area (Å²) in [7, 11) is 0. The highest BCUT2D eigenvalue weighted by atomic mass is 16.6. The molecule has 0 fully saturated rings. The van der Waals surface area contributed by atoms with Crippen LogP contribution in [0.25, 0.3) is 0 Å². The van der Waals surface area contributed by atoms with Crippen molar-refractivity contribution in [2.24, 2.45) is 5.73 Å². The minimum absolute atomic E-state index is 0.555. The van der Waals surface area contributed by atoms with Crippen LogP contribution in [0.1, 0.15) is 96.8 Å². The molecule has 0 saturated heterocycles. The van der Waals surface area contributed by atoms with Crippen LogP contribution in [0.15, 0.2) is 12.2 Å². The first-order chi connectivity index (χ1) is 15.4. The Bertz CT molecular complexity index is 339. The molecule has 0 spiro atoms. The summed E-state index contributed by atoms with van der Waals surface area (Å²) in [6, 6.07) is 0. The highest BCUT2D eigenvalue weighted by Gasteiger charge is 1.94. The lowest BCUT2D eigenvalue weighted by molar-refractivity contribution is -0.00133. The van der Waals surface area contributed by atoms with Gasteiger partial charge in [0.1, 0.15) is 0 Å². The van der Waals surface area contributed by atoms with Crippen LogP contribution >= 0.6 is 0 Å². The molecule has 0 aromatic rings. The van der Waals surface area contributed by atoms with Crippen molar-refractivity contribution < 1.29 is 18.9 Å². The number of ether oxygens (including phenoxy) is 4. The Balaban J connectivity index is 3.05. The van der Waals surface area contributed by atoms with Gasteiger partial charge in [-0.05, 0) is 32.1 Å². The van der Waals surface area contributed by atoms with Crippen LogP contribution in [0.3, 0.4) is 0 Å². The molecule has 2 N–H and O–H groups in total. The van der Waals surface area contributed by atoms with Crippen molar-refractivity contribution in [3.05, 3.63) is 12.2 Å². The largest absolute Gasteiger partial charge is 0.379 e. The Hall–Kier alpha value is -0.460. The molecule has 0 aromatic carbocycles. The molecule has 0 bridgehead atoms. The first kappa shape index (κ1) is 30.5. The van der Waals surface area contributed by atoms with Crippen molar-refractivity contribution in [2.45, 2.75) is 96.8 Å². The lowest BCUT2D eigenvalue weighted by atomic mass is 10.1. The molecule has 31 heavy (non-hydrogen) atoms. The first-order valence-corrected chi connectivity index (χ1v) is 13.1. The fourth-order valence-corrected chi connectivity index (χ4v) is 3.30. The van der Waals surface area contributed by atoms with E-state index in [4.69, 9.17) is 24.7 Å². The number of hydrogen-bond acceptors (Lipinski definition) is 5. The molecule has 0 aromatic heterocycles. The highest BCUT2D eigenvalue weighted by molar-refractivity contribution is 4.81. The Morgan fingerprint density at radius 3 is 1.32 bits per heavy atom. The molecule has 186 valence electrons. The molecule has 0 aliphatic carbocycles. The van der Waals surface area contributed by atoms with Crippen LogP contribution in [0.4, 0.5) is 0 Å². The number of hydrogen-bond donors (Lipinski definition) is 1. The van der Waals surface area contributed by atoms with Crippen molar-refractivity contribution in [1.29, 1.82) is 0 Å². The summed E-state index contributed by atoms with van der Waals surface area (Å²) in [5, 5.41) is 0. The second kappa shape index (κ2) is 29.5. The topological polar surface area (TPSA) is 62.9 Å². The van der Waals surface area contributed by atoms with Gasteiger partial charge >= 0.3 is 0 Å². The molecule has 0 rings (SSSR count). The van der Waals surface area contributed by atoms with E-state index in [1.165, 1.54) is 83.5 Å². The van der Waals surface area contributed by atoms with Crippen molar-refractivity contribution in [2.75, 3.05) is 59.4 Å².